The van der Waals surface area contributed by atoms with Crippen LogP contribution in [0.1, 0.15) is 23.1 Å². The Hall–Kier alpha value is -3.35. The van der Waals surface area contributed by atoms with Gasteiger partial charge in [0.2, 0.25) is 11.7 Å². The largest absolute Gasteiger partial charge is 0.475 e. The number of ketones is 1. The molecule has 5 nitrogen and oxygen atoms in total. The van der Waals surface area contributed by atoms with Crippen molar-refractivity contribution in [2.75, 3.05) is 11.4 Å². The highest BCUT2D eigenvalue weighted by Gasteiger charge is 2.22. The van der Waals surface area contributed by atoms with E-state index in [1.165, 1.54) is 23.1 Å². The van der Waals surface area contributed by atoms with E-state index in [4.69, 9.17) is 5.11 Å². The molecule has 1 N–H and O–H groups in total. The molecule has 0 radical (unpaired) electrons. The van der Waals surface area contributed by atoms with Gasteiger partial charge in [-0.1, -0.05) is 18.2 Å². The van der Waals surface area contributed by atoms with Gasteiger partial charge in [0.25, 0.3) is 0 Å². The van der Waals surface area contributed by atoms with Crippen LogP contribution in [0.5, 0.6) is 0 Å². The Balaban J connectivity index is 2.28. The molecule has 2 aromatic rings. The zero-order valence-corrected chi connectivity index (χ0v) is 15.4. The summed E-state index contributed by atoms with van der Waals surface area (Å²) in [7, 11) is 0. The Bertz CT molecular complexity index is 953. The van der Waals surface area contributed by atoms with Gasteiger partial charge in [-0.05, 0) is 49.2 Å². The first-order chi connectivity index (χ1) is 13.2. The van der Waals surface area contributed by atoms with Gasteiger partial charge in [-0.15, -0.1) is 0 Å². The van der Waals surface area contributed by atoms with Crippen LogP contribution in [0, 0.1) is 25.5 Å². The first kappa shape index (κ1) is 21.0. The van der Waals surface area contributed by atoms with Crippen LogP contribution in [-0.2, 0) is 14.4 Å². The lowest BCUT2D eigenvalue weighted by Gasteiger charge is -2.22. The van der Waals surface area contributed by atoms with Gasteiger partial charge in [-0.2, -0.15) is 0 Å². The van der Waals surface area contributed by atoms with E-state index in [1.54, 1.807) is 18.2 Å². The van der Waals surface area contributed by atoms with E-state index in [2.05, 4.69) is 0 Å². The number of carbonyl (C=O) groups is 3. The Kier molecular flexibility index (Phi) is 6.76. The first-order valence-corrected chi connectivity index (χ1v) is 8.44. The molecule has 0 fully saturated rings. The summed E-state index contributed by atoms with van der Waals surface area (Å²) in [5, 5.41) is 8.73. The summed E-state index contributed by atoms with van der Waals surface area (Å²) in [6.07, 6.45) is 2.07. The number of carboxylic acids is 1. The van der Waals surface area contributed by atoms with Crippen LogP contribution >= 0.6 is 0 Å². The number of anilines is 1. The number of halogens is 2. The molecule has 28 heavy (non-hydrogen) atoms. The highest BCUT2D eigenvalue weighted by Crippen LogP contribution is 2.20. The van der Waals surface area contributed by atoms with Crippen LogP contribution in [-0.4, -0.2) is 29.3 Å². The molecule has 0 aliphatic heterocycles. The second kappa shape index (κ2) is 9.03. The van der Waals surface area contributed by atoms with E-state index in [9.17, 15) is 23.2 Å². The second-order valence-corrected chi connectivity index (χ2v) is 6.25. The van der Waals surface area contributed by atoms with Crippen molar-refractivity contribution in [2.45, 2.75) is 20.3 Å². The third kappa shape index (κ3) is 5.33. The highest BCUT2D eigenvalue weighted by atomic mass is 19.1. The lowest BCUT2D eigenvalue weighted by atomic mass is 10.1. The normalized spacial score (nSPS) is 10.9. The van der Waals surface area contributed by atoms with E-state index in [0.717, 1.165) is 23.3 Å². The molecule has 1 amide bonds. The molecule has 0 saturated heterocycles. The SMILES string of the molecule is Cc1ccc(N(C/C=C/c2ccc(F)cc2F)C(=O)CC(=O)C(=O)O)cc1C. The quantitative estimate of drug-likeness (QED) is 0.581. The van der Waals surface area contributed by atoms with Gasteiger partial charge < -0.3 is 10.0 Å². The van der Waals surface area contributed by atoms with Crippen molar-refractivity contribution in [3.05, 3.63) is 70.8 Å². The summed E-state index contributed by atoms with van der Waals surface area (Å²) < 4.78 is 26.7. The third-order valence-corrected chi connectivity index (χ3v) is 4.20. The summed E-state index contributed by atoms with van der Waals surface area (Å²) in [4.78, 5) is 35.9. The molecule has 0 aliphatic rings. The minimum Gasteiger partial charge on any atom is -0.475 e. The topological polar surface area (TPSA) is 74.7 Å². The maximum Gasteiger partial charge on any atom is 0.372 e. The van der Waals surface area contributed by atoms with Gasteiger partial charge in [0.05, 0.1) is 6.42 Å². The molecule has 2 rings (SSSR count). The van der Waals surface area contributed by atoms with Gasteiger partial charge in [0.15, 0.2) is 0 Å². The van der Waals surface area contributed by atoms with E-state index in [-0.39, 0.29) is 12.1 Å². The number of benzene rings is 2. The molecule has 0 bridgehead atoms. The van der Waals surface area contributed by atoms with Crippen molar-refractivity contribution in [1.29, 1.82) is 0 Å². The van der Waals surface area contributed by atoms with Gasteiger partial charge >= 0.3 is 5.97 Å². The average molecular weight is 387 g/mol. The molecular formula is C21H19F2NO4. The fraction of sp³-hybridized carbons (Fsp3) is 0.190. The molecule has 7 heteroatoms. The summed E-state index contributed by atoms with van der Waals surface area (Å²) in [6.45, 7) is 3.73. The van der Waals surface area contributed by atoms with Crippen LogP contribution < -0.4 is 4.90 Å². The van der Waals surface area contributed by atoms with E-state index < -0.39 is 35.7 Å². The smallest absolute Gasteiger partial charge is 0.372 e. The molecule has 146 valence electrons. The number of hydrogen-bond acceptors (Lipinski definition) is 3. The van der Waals surface area contributed by atoms with E-state index >= 15 is 0 Å². The van der Waals surface area contributed by atoms with Crippen LogP contribution in [0.15, 0.2) is 42.5 Å². The maximum atomic E-state index is 13.7. The molecule has 0 saturated carbocycles. The Morgan fingerprint density at radius 1 is 1.04 bits per heavy atom. The van der Waals surface area contributed by atoms with Crippen molar-refractivity contribution < 1.29 is 28.3 Å². The van der Waals surface area contributed by atoms with E-state index in [0.29, 0.717) is 5.69 Å². The molecule has 0 unspecified atom stereocenters. The van der Waals surface area contributed by atoms with Crippen molar-refractivity contribution >= 4 is 29.4 Å². The Labute approximate surface area is 160 Å². The molecule has 0 atom stereocenters. The van der Waals surface area contributed by atoms with Gasteiger partial charge in [-0.25, -0.2) is 13.6 Å². The minimum atomic E-state index is -1.68. The number of aryl methyl sites for hydroxylation is 2. The van der Waals surface area contributed by atoms with Gasteiger partial charge in [0, 0.05) is 23.9 Å². The van der Waals surface area contributed by atoms with Gasteiger partial charge in [0.1, 0.15) is 11.6 Å². The summed E-state index contributed by atoms with van der Waals surface area (Å²) in [6, 6.07) is 8.34. The zero-order chi connectivity index (χ0) is 20.8. The zero-order valence-electron chi connectivity index (χ0n) is 15.4. The number of amides is 1. The highest BCUT2D eigenvalue weighted by molar-refractivity contribution is 6.36. The predicted molar refractivity (Wildman–Crippen MR) is 101 cm³/mol. The molecule has 0 spiro atoms. The van der Waals surface area contributed by atoms with Crippen molar-refractivity contribution in [2.24, 2.45) is 0 Å². The lowest BCUT2D eigenvalue weighted by molar-refractivity contribution is -0.150. The second-order valence-electron chi connectivity index (χ2n) is 6.25. The Morgan fingerprint density at radius 2 is 1.75 bits per heavy atom. The monoisotopic (exact) mass is 387 g/mol. The standard InChI is InChI=1S/C21H19F2NO4/c1-13-5-8-17(10-14(13)2)24(20(26)12-19(25)21(27)28)9-3-4-15-6-7-16(22)11-18(15)23/h3-8,10-11H,9,12H2,1-2H3,(H,27,28)/b4-3+. The van der Waals surface area contributed by atoms with Gasteiger partial charge in [-0.3, -0.25) is 9.59 Å². The average Bonchev–Trinajstić information content (AvgIpc) is 2.62. The molecule has 2 aromatic carbocycles. The van der Waals surface area contributed by atoms with Crippen molar-refractivity contribution in [1.82, 2.24) is 0 Å². The number of carboxylic acid groups (broad SMARTS) is 1. The predicted octanol–water partition coefficient (Wildman–Crippen LogP) is 3.67. The Morgan fingerprint density at radius 3 is 2.36 bits per heavy atom. The summed E-state index contributed by atoms with van der Waals surface area (Å²) in [5.74, 6) is -5.04. The molecule has 0 heterocycles. The van der Waals surface area contributed by atoms with Crippen LogP contribution in [0.25, 0.3) is 6.08 Å². The fourth-order valence-corrected chi connectivity index (χ4v) is 2.47. The van der Waals surface area contributed by atoms with Crippen LogP contribution in [0.2, 0.25) is 0 Å². The molecule has 0 aliphatic carbocycles. The molecule has 0 aromatic heterocycles. The summed E-state index contributed by atoms with van der Waals surface area (Å²) >= 11 is 0. The lowest BCUT2D eigenvalue weighted by Crippen LogP contribution is -2.34. The number of nitrogens with zero attached hydrogens (tertiary/aromatic N) is 1. The fourth-order valence-electron chi connectivity index (χ4n) is 2.47. The van der Waals surface area contributed by atoms with Crippen LogP contribution in [0.4, 0.5) is 14.5 Å². The number of hydrogen-bond donors (Lipinski definition) is 1. The number of aliphatic carboxylic acids is 1. The van der Waals surface area contributed by atoms with E-state index in [1.807, 2.05) is 13.8 Å². The number of Topliss-reactive ketones (excluding diaryl/α,β-unsaturated/α-hetero) is 1. The minimum absolute atomic E-state index is 0.0228. The first-order valence-electron chi connectivity index (χ1n) is 8.44. The number of carbonyl (C=O) groups excluding carboxylic acids is 2. The summed E-state index contributed by atoms with van der Waals surface area (Å²) in [5.41, 5.74) is 2.53. The molecular weight excluding hydrogens is 368 g/mol. The number of rotatable bonds is 7. The maximum absolute atomic E-state index is 13.7. The van der Waals surface area contributed by atoms with Crippen LogP contribution in [0.3, 0.4) is 0 Å². The van der Waals surface area contributed by atoms with Crippen molar-refractivity contribution in [3.63, 3.8) is 0 Å². The van der Waals surface area contributed by atoms with Crippen molar-refractivity contribution in [3.8, 4) is 0 Å². The third-order valence-electron chi connectivity index (χ3n) is 4.20.